The minimum Gasteiger partial charge on any atom is -0.493 e. The largest absolute Gasteiger partial charge is 0.493 e. The molecule has 0 saturated carbocycles. The van der Waals surface area contributed by atoms with Gasteiger partial charge in [0.05, 0.1) is 13.7 Å². The van der Waals surface area contributed by atoms with Gasteiger partial charge >= 0.3 is 0 Å². The highest BCUT2D eigenvalue weighted by atomic mass is 16.5. The number of nitrogens with one attached hydrogen (secondary N) is 1. The van der Waals surface area contributed by atoms with Gasteiger partial charge in [0, 0.05) is 12.6 Å². The Morgan fingerprint density at radius 1 is 1.26 bits per heavy atom. The van der Waals surface area contributed by atoms with E-state index in [4.69, 9.17) is 9.47 Å². The van der Waals surface area contributed by atoms with E-state index in [9.17, 15) is 0 Å². The minimum atomic E-state index is 0.302. The third-order valence-electron chi connectivity index (χ3n) is 3.13. The van der Waals surface area contributed by atoms with Crippen LogP contribution in [0.1, 0.15) is 24.9 Å². The van der Waals surface area contributed by atoms with Crippen LogP contribution in [0.3, 0.4) is 0 Å². The Hall–Kier alpha value is -1.26. The van der Waals surface area contributed by atoms with Gasteiger partial charge < -0.3 is 19.7 Å². The van der Waals surface area contributed by atoms with Crippen molar-refractivity contribution < 1.29 is 9.47 Å². The maximum atomic E-state index is 5.77. The first-order chi connectivity index (χ1) is 9.08. The highest BCUT2D eigenvalue weighted by Crippen LogP contribution is 2.30. The van der Waals surface area contributed by atoms with Crippen LogP contribution in [0.15, 0.2) is 18.2 Å². The minimum absolute atomic E-state index is 0.302. The van der Waals surface area contributed by atoms with Gasteiger partial charge in [-0.05, 0) is 52.2 Å². The molecular formula is C15H26N2O2. The molecule has 1 N–H and O–H groups in total. The van der Waals surface area contributed by atoms with Crippen LogP contribution in [0.5, 0.6) is 11.5 Å². The summed E-state index contributed by atoms with van der Waals surface area (Å²) in [5, 5.41) is 3.21. The van der Waals surface area contributed by atoms with E-state index in [1.54, 1.807) is 7.11 Å². The Morgan fingerprint density at radius 3 is 2.58 bits per heavy atom. The summed E-state index contributed by atoms with van der Waals surface area (Å²) in [7, 11) is 7.75. The Balaban J connectivity index is 2.63. The normalized spacial score (nSPS) is 12.5. The summed E-state index contributed by atoms with van der Waals surface area (Å²) in [6.07, 6.45) is 1.00. The van der Waals surface area contributed by atoms with Crippen molar-refractivity contribution in [3.8, 4) is 11.5 Å². The molecule has 0 spiro atoms. The van der Waals surface area contributed by atoms with E-state index in [2.05, 4.69) is 37.3 Å². The van der Waals surface area contributed by atoms with Gasteiger partial charge in [0.2, 0.25) is 0 Å². The molecule has 19 heavy (non-hydrogen) atoms. The molecule has 4 heteroatoms. The lowest BCUT2D eigenvalue weighted by Gasteiger charge is -2.16. The van der Waals surface area contributed by atoms with Crippen molar-refractivity contribution in [3.63, 3.8) is 0 Å². The molecular weight excluding hydrogens is 240 g/mol. The SMILES string of the molecule is CNC(C)c1ccc(OCCCN(C)C)c(OC)c1. The molecule has 0 heterocycles. The Morgan fingerprint density at radius 2 is 2.00 bits per heavy atom. The van der Waals surface area contributed by atoms with Crippen LogP contribution in [-0.4, -0.2) is 46.3 Å². The van der Waals surface area contributed by atoms with Crippen molar-refractivity contribution in [2.24, 2.45) is 0 Å². The molecule has 0 aliphatic carbocycles. The Kier molecular flexibility index (Phi) is 6.67. The summed E-state index contributed by atoms with van der Waals surface area (Å²) in [6, 6.07) is 6.39. The van der Waals surface area contributed by atoms with Crippen molar-refractivity contribution in [3.05, 3.63) is 23.8 Å². The molecule has 1 aromatic carbocycles. The second-order valence-corrected chi connectivity index (χ2v) is 4.93. The van der Waals surface area contributed by atoms with Gasteiger partial charge in [-0.25, -0.2) is 0 Å². The number of methoxy groups -OCH3 is 1. The van der Waals surface area contributed by atoms with Crippen LogP contribution in [0.4, 0.5) is 0 Å². The van der Waals surface area contributed by atoms with Gasteiger partial charge in [-0.3, -0.25) is 0 Å². The van der Waals surface area contributed by atoms with E-state index in [1.807, 2.05) is 19.2 Å². The molecule has 1 aromatic rings. The topological polar surface area (TPSA) is 33.7 Å². The molecule has 108 valence electrons. The van der Waals surface area contributed by atoms with E-state index in [-0.39, 0.29) is 0 Å². The summed E-state index contributed by atoms with van der Waals surface area (Å²) < 4.78 is 11.2. The maximum Gasteiger partial charge on any atom is 0.161 e. The number of nitrogens with zero attached hydrogens (tertiary/aromatic N) is 1. The first-order valence-electron chi connectivity index (χ1n) is 6.71. The highest BCUT2D eigenvalue weighted by Gasteiger charge is 2.09. The summed E-state index contributed by atoms with van der Waals surface area (Å²) in [4.78, 5) is 2.15. The molecule has 0 fully saturated rings. The Labute approximate surface area is 116 Å². The zero-order chi connectivity index (χ0) is 14.3. The third-order valence-corrected chi connectivity index (χ3v) is 3.13. The third kappa shape index (κ3) is 5.09. The quantitative estimate of drug-likeness (QED) is 0.732. The van der Waals surface area contributed by atoms with Crippen molar-refractivity contribution in [1.82, 2.24) is 10.2 Å². The first-order valence-corrected chi connectivity index (χ1v) is 6.71. The van der Waals surface area contributed by atoms with Crippen LogP contribution in [0.25, 0.3) is 0 Å². The monoisotopic (exact) mass is 266 g/mol. The van der Waals surface area contributed by atoms with E-state index in [0.717, 1.165) is 24.5 Å². The van der Waals surface area contributed by atoms with Gasteiger partial charge in [0.15, 0.2) is 11.5 Å². The second-order valence-electron chi connectivity index (χ2n) is 4.93. The van der Waals surface area contributed by atoms with Gasteiger partial charge in [-0.2, -0.15) is 0 Å². The van der Waals surface area contributed by atoms with Gasteiger partial charge in [0.1, 0.15) is 0 Å². The smallest absolute Gasteiger partial charge is 0.161 e. The average Bonchev–Trinajstić information content (AvgIpc) is 2.42. The molecule has 0 amide bonds. The average molecular weight is 266 g/mol. The van der Waals surface area contributed by atoms with Gasteiger partial charge in [-0.1, -0.05) is 6.07 Å². The first kappa shape index (κ1) is 15.8. The van der Waals surface area contributed by atoms with Crippen LogP contribution < -0.4 is 14.8 Å². The van der Waals surface area contributed by atoms with Crippen LogP contribution in [0.2, 0.25) is 0 Å². The summed E-state index contributed by atoms with van der Waals surface area (Å²) >= 11 is 0. The molecule has 0 radical (unpaired) electrons. The molecule has 0 aromatic heterocycles. The molecule has 1 rings (SSSR count). The molecule has 0 saturated heterocycles. The number of benzene rings is 1. The molecule has 1 atom stereocenters. The van der Waals surface area contributed by atoms with Crippen molar-refractivity contribution >= 4 is 0 Å². The molecule has 1 unspecified atom stereocenters. The standard InChI is InChI=1S/C15H26N2O2/c1-12(16-2)13-7-8-14(15(11-13)18-5)19-10-6-9-17(3)4/h7-8,11-12,16H,6,9-10H2,1-5H3. The second kappa shape index (κ2) is 8.02. The van der Waals surface area contributed by atoms with E-state index in [0.29, 0.717) is 12.6 Å². The Bertz CT molecular complexity index is 380. The van der Waals surface area contributed by atoms with E-state index in [1.165, 1.54) is 5.56 Å². The lowest BCUT2D eigenvalue weighted by atomic mass is 10.1. The van der Waals surface area contributed by atoms with Crippen molar-refractivity contribution in [1.29, 1.82) is 0 Å². The predicted molar refractivity (Wildman–Crippen MR) is 79.1 cm³/mol. The zero-order valence-electron chi connectivity index (χ0n) is 12.7. The van der Waals surface area contributed by atoms with Crippen LogP contribution in [-0.2, 0) is 0 Å². The number of ether oxygens (including phenoxy) is 2. The predicted octanol–water partition coefficient (Wildman–Crippen LogP) is 2.31. The maximum absolute atomic E-state index is 5.77. The number of rotatable bonds is 8. The summed E-state index contributed by atoms with van der Waals surface area (Å²) in [6.45, 7) is 3.85. The molecule has 4 nitrogen and oxygen atoms in total. The fourth-order valence-corrected chi connectivity index (χ4v) is 1.80. The fourth-order valence-electron chi connectivity index (χ4n) is 1.80. The fraction of sp³-hybridized carbons (Fsp3) is 0.600. The van der Waals surface area contributed by atoms with Crippen LogP contribution >= 0.6 is 0 Å². The molecule has 0 aliphatic heterocycles. The molecule has 0 bridgehead atoms. The summed E-state index contributed by atoms with van der Waals surface area (Å²) in [5.41, 5.74) is 1.19. The lowest BCUT2D eigenvalue weighted by molar-refractivity contribution is 0.268. The van der Waals surface area contributed by atoms with Crippen molar-refractivity contribution in [2.75, 3.05) is 41.4 Å². The van der Waals surface area contributed by atoms with Crippen LogP contribution in [0, 0.1) is 0 Å². The highest BCUT2D eigenvalue weighted by molar-refractivity contribution is 5.43. The number of hydrogen-bond acceptors (Lipinski definition) is 4. The zero-order valence-corrected chi connectivity index (χ0v) is 12.7. The number of hydrogen-bond donors (Lipinski definition) is 1. The van der Waals surface area contributed by atoms with E-state index >= 15 is 0 Å². The van der Waals surface area contributed by atoms with Gasteiger partial charge in [-0.15, -0.1) is 0 Å². The molecule has 0 aliphatic rings. The lowest BCUT2D eigenvalue weighted by Crippen LogP contribution is -2.16. The van der Waals surface area contributed by atoms with Crippen molar-refractivity contribution in [2.45, 2.75) is 19.4 Å². The van der Waals surface area contributed by atoms with E-state index < -0.39 is 0 Å². The summed E-state index contributed by atoms with van der Waals surface area (Å²) in [5.74, 6) is 1.61. The van der Waals surface area contributed by atoms with Gasteiger partial charge in [0.25, 0.3) is 0 Å².